The predicted molar refractivity (Wildman–Crippen MR) is 71.3 cm³/mol. The molecule has 19 heavy (non-hydrogen) atoms. The standard InChI is InChI=1S/C12H17N3O4/c1-18-11-6-14(7-12(11)19-2)10-4-3-8(15(16)17)5-9(10)13/h3-5,11-12H,6-7,13H2,1-2H3. The number of methoxy groups -OCH3 is 2. The van der Waals surface area contributed by atoms with Crippen LogP contribution in [0.2, 0.25) is 0 Å². The Morgan fingerprint density at radius 2 is 1.89 bits per heavy atom. The third kappa shape index (κ3) is 2.61. The zero-order valence-corrected chi connectivity index (χ0v) is 10.9. The summed E-state index contributed by atoms with van der Waals surface area (Å²) in [6.07, 6.45) is -0.0563. The molecule has 0 saturated carbocycles. The summed E-state index contributed by atoms with van der Waals surface area (Å²) in [5.74, 6) is 0. The SMILES string of the molecule is COC1CN(c2ccc([N+](=O)[O-])cc2N)CC1OC. The fourth-order valence-electron chi connectivity index (χ4n) is 2.34. The number of nitrogens with two attached hydrogens (primary N) is 1. The third-order valence-corrected chi connectivity index (χ3v) is 3.38. The van der Waals surface area contributed by atoms with E-state index in [1.54, 1.807) is 20.3 Å². The second-order valence-corrected chi connectivity index (χ2v) is 4.45. The van der Waals surface area contributed by atoms with Crippen LogP contribution in [-0.4, -0.2) is 44.4 Å². The molecule has 1 heterocycles. The number of nitro benzene ring substituents is 1. The first-order valence-electron chi connectivity index (χ1n) is 5.91. The Morgan fingerprint density at radius 1 is 1.32 bits per heavy atom. The Labute approximate surface area is 111 Å². The van der Waals surface area contributed by atoms with E-state index >= 15 is 0 Å². The molecule has 1 aliphatic heterocycles. The van der Waals surface area contributed by atoms with Gasteiger partial charge in [0.1, 0.15) is 12.2 Å². The van der Waals surface area contributed by atoms with E-state index in [1.165, 1.54) is 12.1 Å². The minimum absolute atomic E-state index is 0.00738. The molecule has 1 aromatic carbocycles. The molecule has 2 N–H and O–H groups in total. The van der Waals surface area contributed by atoms with Gasteiger partial charge in [-0.25, -0.2) is 0 Å². The lowest BCUT2D eigenvalue weighted by Gasteiger charge is -2.19. The van der Waals surface area contributed by atoms with E-state index in [9.17, 15) is 10.1 Å². The van der Waals surface area contributed by atoms with Crippen molar-refractivity contribution in [2.75, 3.05) is 37.9 Å². The van der Waals surface area contributed by atoms with Gasteiger partial charge in [-0.05, 0) is 6.07 Å². The first kappa shape index (κ1) is 13.6. The molecule has 1 saturated heterocycles. The zero-order valence-electron chi connectivity index (χ0n) is 10.9. The van der Waals surface area contributed by atoms with Crippen molar-refractivity contribution in [3.63, 3.8) is 0 Å². The van der Waals surface area contributed by atoms with E-state index < -0.39 is 4.92 Å². The number of ether oxygens (including phenoxy) is 2. The normalized spacial score (nSPS) is 22.7. The topological polar surface area (TPSA) is 90.9 Å². The van der Waals surface area contributed by atoms with Gasteiger partial charge in [0.05, 0.1) is 16.3 Å². The average molecular weight is 267 g/mol. The second-order valence-electron chi connectivity index (χ2n) is 4.45. The summed E-state index contributed by atoms with van der Waals surface area (Å²) < 4.78 is 10.7. The number of hydrogen-bond acceptors (Lipinski definition) is 6. The second kappa shape index (κ2) is 5.41. The molecule has 0 spiro atoms. The number of non-ortho nitro benzene ring substituents is 1. The highest BCUT2D eigenvalue weighted by molar-refractivity contribution is 5.71. The number of nitrogen functional groups attached to an aromatic ring is 1. The number of hydrogen-bond donors (Lipinski definition) is 1. The molecule has 7 nitrogen and oxygen atoms in total. The van der Waals surface area contributed by atoms with Crippen molar-refractivity contribution in [2.45, 2.75) is 12.2 Å². The lowest BCUT2D eigenvalue weighted by molar-refractivity contribution is -0.384. The van der Waals surface area contributed by atoms with Gasteiger partial charge in [0.2, 0.25) is 0 Å². The minimum atomic E-state index is -0.458. The smallest absolute Gasteiger partial charge is 0.271 e. The fourth-order valence-corrected chi connectivity index (χ4v) is 2.34. The molecule has 2 atom stereocenters. The van der Waals surface area contributed by atoms with E-state index in [0.29, 0.717) is 18.8 Å². The lowest BCUT2D eigenvalue weighted by Crippen LogP contribution is -2.27. The average Bonchev–Trinajstić information content (AvgIpc) is 2.81. The summed E-state index contributed by atoms with van der Waals surface area (Å²) in [4.78, 5) is 12.2. The molecule has 1 aliphatic rings. The van der Waals surface area contributed by atoms with Crippen molar-refractivity contribution < 1.29 is 14.4 Å². The highest BCUT2D eigenvalue weighted by atomic mass is 16.6. The molecule has 0 aromatic heterocycles. The van der Waals surface area contributed by atoms with Crippen LogP contribution in [0.15, 0.2) is 18.2 Å². The maximum absolute atomic E-state index is 10.7. The molecule has 104 valence electrons. The number of nitrogens with zero attached hydrogens (tertiary/aromatic N) is 2. The van der Waals surface area contributed by atoms with Gasteiger partial charge in [-0.1, -0.05) is 0 Å². The summed E-state index contributed by atoms with van der Waals surface area (Å²) in [5, 5.41) is 10.7. The highest BCUT2D eigenvalue weighted by Crippen LogP contribution is 2.31. The molecule has 0 aliphatic carbocycles. The van der Waals surface area contributed by atoms with Gasteiger partial charge >= 0.3 is 0 Å². The van der Waals surface area contributed by atoms with Crippen LogP contribution < -0.4 is 10.6 Å². The fraction of sp³-hybridized carbons (Fsp3) is 0.500. The van der Waals surface area contributed by atoms with Crippen LogP contribution in [0, 0.1) is 10.1 Å². The van der Waals surface area contributed by atoms with E-state index in [0.717, 1.165) is 5.69 Å². The van der Waals surface area contributed by atoms with Gasteiger partial charge < -0.3 is 20.1 Å². The number of rotatable bonds is 4. The van der Waals surface area contributed by atoms with Gasteiger partial charge in [-0.15, -0.1) is 0 Å². The molecule has 7 heteroatoms. The largest absolute Gasteiger partial charge is 0.397 e. The molecule has 1 fully saturated rings. The van der Waals surface area contributed by atoms with Crippen LogP contribution >= 0.6 is 0 Å². The summed E-state index contributed by atoms with van der Waals surface area (Å²) in [6, 6.07) is 4.49. The van der Waals surface area contributed by atoms with Crippen molar-refractivity contribution in [3.05, 3.63) is 28.3 Å². The van der Waals surface area contributed by atoms with E-state index in [-0.39, 0.29) is 17.9 Å². The van der Waals surface area contributed by atoms with Crippen molar-refractivity contribution in [1.82, 2.24) is 0 Å². The third-order valence-electron chi connectivity index (χ3n) is 3.38. The van der Waals surface area contributed by atoms with Crippen LogP contribution in [0.1, 0.15) is 0 Å². The maximum atomic E-state index is 10.7. The van der Waals surface area contributed by atoms with Crippen LogP contribution in [-0.2, 0) is 9.47 Å². The first-order chi connectivity index (χ1) is 9.06. The minimum Gasteiger partial charge on any atom is -0.397 e. The van der Waals surface area contributed by atoms with Gasteiger partial charge in [0.25, 0.3) is 5.69 Å². The molecule has 2 rings (SSSR count). The van der Waals surface area contributed by atoms with Crippen molar-refractivity contribution in [2.24, 2.45) is 0 Å². The molecule has 0 bridgehead atoms. The van der Waals surface area contributed by atoms with E-state index in [4.69, 9.17) is 15.2 Å². The number of anilines is 2. The van der Waals surface area contributed by atoms with E-state index in [1.807, 2.05) is 4.90 Å². The zero-order chi connectivity index (χ0) is 14.0. The van der Waals surface area contributed by atoms with Crippen LogP contribution in [0.3, 0.4) is 0 Å². The van der Waals surface area contributed by atoms with Gasteiger partial charge in [0.15, 0.2) is 0 Å². The molecular weight excluding hydrogens is 250 g/mol. The molecule has 0 radical (unpaired) electrons. The Bertz CT molecular complexity index is 468. The monoisotopic (exact) mass is 267 g/mol. The maximum Gasteiger partial charge on any atom is 0.271 e. The Morgan fingerprint density at radius 3 is 2.32 bits per heavy atom. The number of nitro groups is 1. The summed E-state index contributed by atoms with van der Waals surface area (Å²) in [5.41, 5.74) is 7.04. The highest BCUT2D eigenvalue weighted by Gasteiger charge is 2.33. The number of benzene rings is 1. The van der Waals surface area contributed by atoms with Crippen molar-refractivity contribution in [1.29, 1.82) is 0 Å². The van der Waals surface area contributed by atoms with Crippen LogP contribution in [0.25, 0.3) is 0 Å². The van der Waals surface area contributed by atoms with Crippen LogP contribution in [0.5, 0.6) is 0 Å². The van der Waals surface area contributed by atoms with Crippen LogP contribution in [0.4, 0.5) is 17.1 Å². The van der Waals surface area contributed by atoms with Gasteiger partial charge in [-0.3, -0.25) is 10.1 Å². The van der Waals surface area contributed by atoms with Gasteiger partial charge in [-0.2, -0.15) is 0 Å². The first-order valence-corrected chi connectivity index (χ1v) is 5.91. The molecule has 2 unspecified atom stereocenters. The Kier molecular flexibility index (Phi) is 3.87. The Hall–Kier alpha value is -1.86. The lowest BCUT2D eigenvalue weighted by atomic mass is 10.2. The molecule has 1 aromatic rings. The molecule has 0 amide bonds. The predicted octanol–water partition coefficient (Wildman–Crippen LogP) is 1.03. The Balaban J connectivity index is 2.21. The summed E-state index contributed by atoms with van der Waals surface area (Å²) in [6.45, 7) is 1.30. The van der Waals surface area contributed by atoms with Crippen molar-refractivity contribution >= 4 is 17.1 Å². The quantitative estimate of drug-likeness (QED) is 0.497. The molecular formula is C12H17N3O4. The van der Waals surface area contributed by atoms with Gasteiger partial charge in [0, 0.05) is 39.4 Å². The van der Waals surface area contributed by atoms with Crippen molar-refractivity contribution in [3.8, 4) is 0 Å². The van der Waals surface area contributed by atoms with E-state index in [2.05, 4.69) is 0 Å². The summed E-state index contributed by atoms with van der Waals surface area (Å²) >= 11 is 0. The summed E-state index contributed by atoms with van der Waals surface area (Å²) in [7, 11) is 3.28.